The summed E-state index contributed by atoms with van der Waals surface area (Å²) in [6, 6.07) is 2.08. The summed E-state index contributed by atoms with van der Waals surface area (Å²) >= 11 is 7.79. The predicted octanol–water partition coefficient (Wildman–Crippen LogP) is 3.05. The van der Waals surface area contributed by atoms with E-state index in [2.05, 4.69) is 26.7 Å². The third kappa shape index (κ3) is 1.79. The molecule has 0 aromatic carbocycles. The molecule has 0 N–H and O–H groups in total. The van der Waals surface area contributed by atoms with Crippen LogP contribution >= 0.6 is 22.9 Å². The summed E-state index contributed by atoms with van der Waals surface area (Å²) in [5.41, 5.74) is 3.98. The second kappa shape index (κ2) is 4.33. The Morgan fingerprint density at radius 3 is 2.83 bits per heavy atom. The van der Waals surface area contributed by atoms with Gasteiger partial charge in [0.2, 0.25) is 0 Å². The number of hydrogen-bond acceptors (Lipinski definition) is 4. The first kappa shape index (κ1) is 11.6. The van der Waals surface area contributed by atoms with Crippen molar-refractivity contribution < 1.29 is 0 Å². The Kier molecular flexibility index (Phi) is 2.80. The zero-order valence-electron chi connectivity index (χ0n) is 10.0. The first-order chi connectivity index (χ1) is 8.66. The summed E-state index contributed by atoms with van der Waals surface area (Å²) in [5, 5.41) is 17.4. The minimum atomic E-state index is 0.506. The predicted molar refractivity (Wildman–Crippen MR) is 72.4 cm³/mol. The lowest BCUT2D eigenvalue weighted by molar-refractivity contribution is 0.832. The lowest BCUT2D eigenvalue weighted by atomic mass is 10.2. The topological polar surface area (TPSA) is 43.1 Å². The first-order valence-electron chi connectivity index (χ1n) is 5.55. The number of rotatable bonds is 2. The number of fused-ring (bicyclic) bond motifs is 1. The van der Waals surface area contributed by atoms with Crippen molar-refractivity contribution in [2.75, 3.05) is 0 Å². The second-order valence-corrected chi connectivity index (χ2v) is 5.34. The van der Waals surface area contributed by atoms with Crippen molar-refractivity contribution in [3.05, 3.63) is 44.5 Å². The van der Waals surface area contributed by atoms with Gasteiger partial charge in [0.05, 0.1) is 0 Å². The number of hydrogen-bond donors (Lipinski definition) is 0. The summed E-state index contributed by atoms with van der Waals surface area (Å²) in [6.07, 6.45) is 0.719. The van der Waals surface area contributed by atoms with Crippen LogP contribution in [-0.4, -0.2) is 19.8 Å². The molecule has 92 valence electrons. The van der Waals surface area contributed by atoms with Crippen LogP contribution in [0, 0.1) is 13.8 Å². The van der Waals surface area contributed by atoms with Gasteiger partial charge in [-0.15, -0.1) is 10.2 Å². The van der Waals surface area contributed by atoms with E-state index in [9.17, 15) is 0 Å². The number of aromatic nitrogens is 4. The van der Waals surface area contributed by atoms with Gasteiger partial charge in [0, 0.05) is 12.0 Å². The molecule has 0 spiro atoms. The van der Waals surface area contributed by atoms with Gasteiger partial charge in [0.1, 0.15) is 0 Å². The Morgan fingerprint density at radius 2 is 2.11 bits per heavy atom. The van der Waals surface area contributed by atoms with Crippen LogP contribution in [0.3, 0.4) is 0 Å². The molecule has 3 aromatic rings. The van der Waals surface area contributed by atoms with Crippen molar-refractivity contribution in [2.45, 2.75) is 20.3 Å². The van der Waals surface area contributed by atoms with Crippen LogP contribution in [0.2, 0.25) is 5.15 Å². The van der Waals surface area contributed by atoms with Crippen molar-refractivity contribution >= 4 is 28.6 Å². The van der Waals surface area contributed by atoms with Crippen molar-refractivity contribution in [3.8, 4) is 0 Å². The van der Waals surface area contributed by atoms with Gasteiger partial charge in [0.15, 0.2) is 16.6 Å². The molecule has 0 unspecified atom stereocenters. The van der Waals surface area contributed by atoms with Gasteiger partial charge in [-0.2, -0.15) is 21.0 Å². The fraction of sp³-hybridized carbons (Fsp3) is 0.250. The third-order valence-electron chi connectivity index (χ3n) is 3.04. The molecule has 0 fully saturated rings. The molecule has 0 amide bonds. The van der Waals surface area contributed by atoms with Crippen LogP contribution in [0.25, 0.3) is 5.65 Å². The Morgan fingerprint density at radius 1 is 1.28 bits per heavy atom. The first-order valence-corrected chi connectivity index (χ1v) is 6.87. The summed E-state index contributed by atoms with van der Waals surface area (Å²) in [7, 11) is 0. The highest BCUT2D eigenvalue weighted by molar-refractivity contribution is 7.07. The van der Waals surface area contributed by atoms with E-state index in [0.717, 1.165) is 29.0 Å². The van der Waals surface area contributed by atoms with Crippen LogP contribution in [0.4, 0.5) is 0 Å². The number of nitrogens with zero attached hydrogens (tertiary/aromatic N) is 4. The normalized spacial score (nSPS) is 11.3. The highest BCUT2D eigenvalue weighted by Crippen LogP contribution is 2.20. The molecule has 3 heterocycles. The summed E-state index contributed by atoms with van der Waals surface area (Å²) in [4.78, 5) is 0. The van der Waals surface area contributed by atoms with Crippen LogP contribution in [-0.2, 0) is 6.42 Å². The molecule has 6 heteroatoms. The van der Waals surface area contributed by atoms with Crippen molar-refractivity contribution in [2.24, 2.45) is 0 Å². The van der Waals surface area contributed by atoms with Crippen molar-refractivity contribution in [1.82, 2.24) is 19.8 Å². The van der Waals surface area contributed by atoms with Crippen LogP contribution < -0.4 is 0 Å². The number of thiophene rings is 1. The lowest BCUT2D eigenvalue weighted by Gasteiger charge is -2.04. The Labute approximate surface area is 113 Å². The van der Waals surface area contributed by atoms with Gasteiger partial charge in [-0.1, -0.05) is 11.6 Å². The van der Waals surface area contributed by atoms with Gasteiger partial charge in [0.25, 0.3) is 0 Å². The standard InChI is InChI=1S/C12H11ClN4S/c1-7-8(2)12-15-14-10(17(12)16-11(7)13)5-9-3-4-18-6-9/h3-4,6H,5H2,1-2H3. The highest BCUT2D eigenvalue weighted by Gasteiger charge is 2.13. The molecule has 0 bridgehead atoms. The molecule has 4 nitrogen and oxygen atoms in total. The average molecular weight is 279 g/mol. The van der Waals surface area contributed by atoms with E-state index >= 15 is 0 Å². The molecule has 0 aliphatic heterocycles. The third-order valence-corrected chi connectivity index (χ3v) is 4.13. The van der Waals surface area contributed by atoms with E-state index in [-0.39, 0.29) is 0 Å². The van der Waals surface area contributed by atoms with Crippen molar-refractivity contribution in [3.63, 3.8) is 0 Å². The Bertz CT molecular complexity index is 703. The summed E-state index contributed by atoms with van der Waals surface area (Å²) in [5.74, 6) is 0.813. The fourth-order valence-electron chi connectivity index (χ4n) is 1.82. The maximum absolute atomic E-state index is 6.12. The smallest absolute Gasteiger partial charge is 0.181 e. The van der Waals surface area contributed by atoms with Gasteiger partial charge in [-0.25, -0.2) is 0 Å². The van der Waals surface area contributed by atoms with Crippen LogP contribution in [0.1, 0.15) is 22.5 Å². The minimum absolute atomic E-state index is 0.506. The Hall–Kier alpha value is -1.46. The SMILES string of the molecule is Cc1c(Cl)nn2c(Cc3ccsc3)nnc2c1C. The van der Waals surface area contributed by atoms with E-state index in [0.29, 0.717) is 5.15 Å². The molecule has 0 saturated carbocycles. The summed E-state index contributed by atoms with van der Waals surface area (Å²) in [6.45, 7) is 3.93. The minimum Gasteiger partial charge on any atom is -0.195 e. The zero-order chi connectivity index (χ0) is 12.7. The molecular formula is C12H11ClN4S. The molecule has 3 rings (SSSR count). The molecule has 0 saturated heterocycles. The largest absolute Gasteiger partial charge is 0.195 e. The van der Waals surface area contributed by atoms with Crippen LogP contribution in [0.15, 0.2) is 16.8 Å². The number of aryl methyl sites for hydroxylation is 1. The molecule has 0 radical (unpaired) electrons. The fourth-order valence-corrected chi connectivity index (χ4v) is 2.71. The molecule has 3 aromatic heterocycles. The van der Waals surface area contributed by atoms with E-state index in [1.807, 2.05) is 19.2 Å². The molecule has 0 atom stereocenters. The highest BCUT2D eigenvalue weighted by atomic mass is 35.5. The lowest BCUT2D eigenvalue weighted by Crippen LogP contribution is -2.03. The van der Waals surface area contributed by atoms with Gasteiger partial charge in [-0.3, -0.25) is 0 Å². The molecule has 0 aliphatic carbocycles. The van der Waals surface area contributed by atoms with Gasteiger partial charge in [-0.05, 0) is 41.8 Å². The molecule has 0 aliphatic rings. The Balaban J connectivity index is 2.14. The van der Waals surface area contributed by atoms with E-state index in [1.165, 1.54) is 5.56 Å². The average Bonchev–Trinajstić information content (AvgIpc) is 2.98. The van der Waals surface area contributed by atoms with Crippen LogP contribution in [0.5, 0.6) is 0 Å². The van der Waals surface area contributed by atoms with Gasteiger partial charge >= 0.3 is 0 Å². The quantitative estimate of drug-likeness (QED) is 0.724. The van der Waals surface area contributed by atoms with Crippen molar-refractivity contribution in [1.29, 1.82) is 0 Å². The van der Waals surface area contributed by atoms with Gasteiger partial charge < -0.3 is 0 Å². The van der Waals surface area contributed by atoms with E-state index < -0.39 is 0 Å². The van der Waals surface area contributed by atoms with E-state index in [1.54, 1.807) is 15.9 Å². The molecular weight excluding hydrogens is 268 g/mol. The second-order valence-electron chi connectivity index (χ2n) is 4.20. The maximum atomic E-state index is 6.12. The maximum Gasteiger partial charge on any atom is 0.181 e. The zero-order valence-corrected chi connectivity index (χ0v) is 11.6. The monoisotopic (exact) mass is 278 g/mol. The number of halogens is 1. The molecule has 18 heavy (non-hydrogen) atoms. The summed E-state index contributed by atoms with van der Waals surface area (Å²) < 4.78 is 1.74. The van der Waals surface area contributed by atoms with E-state index in [4.69, 9.17) is 11.6 Å².